The lowest BCUT2D eigenvalue weighted by molar-refractivity contribution is -0.160. The predicted molar refractivity (Wildman–Crippen MR) is 117 cm³/mol. The molecule has 3 rings (SSSR count). The minimum atomic E-state index is -1.11. The third-order valence-corrected chi connectivity index (χ3v) is 5.59. The van der Waals surface area contributed by atoms with Crippen molar-refractivity contribution < 1.29 is 19.1 Å². The van der Waals surface area contributed by atoms with Crippen LogP contribution >= 0.6 is 11.6 Å². The molecule has 0 N–H and O–H groups in total. The van der Waals surface area contributed by atoms with Crippen LogP contribution in [0, 0.1) is 25.2 Å². The Balaban J connectivity index is 1.77. The molecular weight excluding hydrogens is 416 g/mol. The molecule has 31 heavy (non-hydrogen) atoms. The van der Waals surface area contributed by atoms with Gasteiger partial charge in [0, 0.05) is 30.1 Å². The van der Waals surface area contributed by atoms with Crippen LogP contribution in [0.4, 0.5) is 5.69 Å². The Kier molecular flexibility index (Phi) is 6.77. The van der Waals surface area contributed by atoms with Crippen LogP contribution in [0.1, 0.15) is 36.0 Å². The highest BCUT2D eigenvalue weighted by atomic mass is 35.5. The molecule has 0 radical (unpaired) electrons. The van der Waals surface area contributed by atoms with Crippen molar-refractivity contribution >= 4 is 34.9 Å². The largest absolute Gasteiger partial charge is 0.455 e. The summed E-state index contributed by atoms with van der Waals surface area (Å²) in [4.78, 5) is 39.1. The average molecular weight is 439 g/mol. The number of ketones is 1. The molecule has 7 heteroatoms. The van der Waals surface area contributed by atoms with E-state index in [1.807, 2.05) is 38.1 Å². The van der Waals surface area contributed by atoms with Gasteiger partial charge >= 0.3 is 5.97 Å². The van der Waals surface area contributed by atoms with Crippen LogP contribution in [0.3, 0.4) is 0 Å². The second-order valence-corrected chi connectivity index (χ2v) is 8.30. The van der Waals surface area contributed by atoms with Crippen molar-refractivity contribution in [1.29, 1.82) is 5.26 Å². The molecule has 0 spiro atoms. The van der Waals surface area contributed by atoms with E-state index in [0.29, 0.717) is 16.3 Å². The molecule has 0 unspecified atom stereocenters. The first kappa shape index (κ1) is 22.5. The van der Waals surface area contributed by atoms with Crippen LogP contribution in [0.2, 0.25) is 5.02 Å². The smallest absolute Gasteiger partial charge is 0.317 e. The first-order valence-corrected chi connectivity index (χ1v) is 10.3. The maximum atomic E-state index is 12.9. The van der Waals surface area contributed by atoms with Crippen molar-refractivity contribution in [3.63, 3.8) is 0 Å². The normalized spacial score (nSPS) is 14.3. The van der Waals surface area contributed by atoms with Crippen LogP contribution in [0.25, 0.3) is 0 Å². The molecule has 1 saturated carbocycles. The van der Waals surface area contributed by atoms with Gasteiger partial charge in [0.2, 0.25) is 0 Å². The first-order valence-electron chi connectivity index (χ1n) is 9.96. The van der Waals surface area contributed by atoms with Gasteiger partial charge in [-0.15, -0.1) is 0 Å². The molecule has 0 saturated heterocycles. The molecule has 0 atom stereocenters. The maximum absolute atomic E-state index is 12.9. The Morgan fingerprint density at radius 3 is 2.42 bits per heavy atom. The molecule has 0 aliphatic heterocycles. The monoisotopic (exact) mass is 438 g/mol. The molecule has 0 bridgehead atoms. The van der Waals surface area contributed by atoms with E-state index in [1.54, 1.807) is 24.3 Å². The molecule has 1 fully saturated rings. The second kappa shape index (κ2) is 9.32. The standard InChI is InChI=1S/C24H23ClN2O4/c1-16-9-17(2)11-20(10-16)27(8-4-7-26)22(29)15-31-23(30)24(13-21(28)14-24)18-5-3-6-19(25)12-18/h3,5-6,9-12H,4,8,13-15H2,1-2H3. The maximum Gasteiger partial charge on any atom is 0.317 e. The van der Waals surface area contributed by atoms with Crippen molar-refractivity contribution in [3.8, 4) is 6.07 Å². The lowest BCUT2D eigenvalue weighted by Crippen LogP contribution is -2.50. The highest BCUT2D eigenvalue weighted by Gasteiger charge is 2.52. The van der Waals surface area contributed by atoms with E-state index >= 15 is 0 Å². The summed E-state index contributed by atoms with van der Waals surface area (Å²) < 4.78 is 5.39. The minimum Gasteiger partial charge on any atom is -0.455 e. The summed E-state index contributed by atoms with van der Waals surface area (Å²) in [6.07, 6.45) is 0.193. The third-order valence-electron chi connectivity index (χ3n) is 5.36. The summed E-state index contributed by atoms with van der Waals surface area (Å²) in [6, 6.07) is 14.5. The number of Topliss-reactive ketones (excluding diaryl/α,β-unsaturated/α-hetero) is 1. The van der Waals surface area contributed by atoms with Gasteiger partial charge in [0.05, 0.1) is 12.5 Å². The van der Waals surface area contributed by atoms with Crippen molar-refractivity contribution in [1.82, 2.24) is 0 Å². The fourth-order valence-electron chi connectivity index (χ4n) is 3.88. The topological polar surface area (TPSA) is 87.5 Å². The summed E-state index contributed by atoms with van der Waals surface area (Å²) in [7, 11) is 0. The van der Waals surface area contributed by atoms with E-state index in [0.717, 1.165) is 11.1 Å². The third kappa shape index (κ3) is 4.95. The lowest BCUT2D eigenvalue weighted by atomic mass is 9.63. The van der Waals surface area contributed by atoms with Crippen LogP contribution in [0.5, 0.6) is 0 Å². The fourth-order valence-corrected chi connectivity index (χ4v) is 4.07. The number of carbonyl (C=O) groups excluding carboxylic acids is 3. The van der Waals surface area contributed by atoms with Gasteiger partial charge in [0.15, 0.2) is 6.61 Å². The van der Waals surface area contributed by atoms with Gasteiger partial charge in [-0.05, 0) is 54.8 Å². The van der Waals surface area contributed by atoms with E-state index in [1.165, 1.54) is 4.90 Å². The van der Waals surface area contributed by atoms with Gasteiger partial charge in [-0.25, -0.2) is 0 Å². The number of anilines is 1. The van der Waals surface area contributed by atoms with Crippen molar-refractivity contribution in [2.45, 2.75) is 38.5 Å². The Morgan fingerprint density at radius 2 is 1.84 bits per heavy atom. The number of esters is 1. The first-order chi connectivity index (χ1) is 14.7. The molecule has 2 aromatic rings. The zero-order valence-corrected chi connectivity index (χ0v) is 18.2. The quantitative estimate of drug-likeness (QED) is 0.608. The Hall–Kier alpha value is -3.17. The van der Waals surface area contributed by atoms with Gasteiger partial charge in [-0.2, -0.15) is 5.26 Å². The summed E-state index contributed by atoms with van der Waals surface area (Å²) >= 11 is 6.06. The number of halogens is 1. The number of rotatable bonds is 7. The van der Waals surface area contributed by atoms with E-state index in [-0.39, 0.29) is 31.6 Å². The SMILES string of the molecule is Cc1cc(C)cc(N(CCC#N)C(=O)COC(=O)C2(c3cccc(Cl)c3)CC(=O)C2)c1. The molecule has 1 amide bonds. The van der Waals surface area contributed by atoms with Crippen LogP contribution in [0.15, 0.2) is 42.5 Å². The van der Waals surface area contributed by atoms with Crippen LogP contribution < -0.4 is 4.90 Å². The zero-order valence-electron chi connectivity index (χ0n) is 17.5. The molecule has 0 aromatic heterocycles. The Labute approximate surface area is 186 Å². The number of nitriles is 1. The van der Waals surface area contributed by atoms with E-state index in [4.69, 9.17) is 21.6 Å². The van der Waals surface area contributed by atoms with Gasteiger partial charge < -0.3 is 9.64 Å². The summed E-state index contributed by atoms with van der Waals surface area (Å²) in [5.74, 6) is -1.10. The van der Waals surface area contributed by atoms with E-state index < -0.39 is 23.9 Å². The number of benzene rings is 2. The molecule has 0 heterocycles. The van der Waals surface area contributed by atoms with Gasteiger partial charge in [-0.1, -0.05) is 29.8 Å². The van der Waals surface area contributed by atoms with Gasteiger partial charge in [0.1, 0.15) is 11.2 Å². The highest BCUT2D eigenvalue weighted by Crippen LogP contribution is 2.43. The number of hydrogen-bond donors (Lipinski definition) is 0. The number of nitrogens with zero attached hydrogens (tertiary/aromatic N) is 2. The zero-order chi connectivity index (χ0) is 22.6. The molecule has 2 aromatic carbocycles. The number of amides is 1. The van der Waals surface area contributed by atoms with Crippen molar-refractivity contribution in [2.75, 3.05) is 18.1 Å². The lowest BCUT2D eigenvalue weighted by Gasteiger charge is -2.38. The molecule has 1 aliphatic rings. The number of carbonyl (C=O) groups is 3. The summed E-state index contributed by atoms with van der Waals surface area (Å²) in [6.45, 7) is 3.55. The molecular formula is C24H23ClN2O4. The second-order valence-electron chi connectivity index (χ2n) is 7.86. The van der Waals surface area contributed by atoms with E-state index in [2.05, 4.69) is 0 Å². The van der Waals surface area contributed by atoms with Crippen molar-refractivity contribution in [3.05, 3.63) is 64.2 Å². The van der Waals surface area contributed by atoms with Crippen LogP contribution in [-0.2, 0) is 24.5 Å². The minimum absolute atomic E-state index is 0.0234. The average Bonchev–Trinajstić information content (AvgIpc) is 2.69. The van der Waals surface area contributed by atoms with Crippen LogP contribution in [-0.4, -0.2) is 30.8 Å². The Bertz CT molecular complexity index is 1050. The fraction of sp³-hybridized carbons (Fsp3) is 0.333. The number of ether oxygens (including phenoxy) is 1. The van der Waals surface area contributed by atoms with E-state index in [9.17, 15) is 14.4 Å². The van der Waals surface area contributed by atoms with Crippen molar-refractivity contribution in [2.24, 2.45) is 0 Å². The Morgan fingerprint density at radius 1 is 1.16 bits per heavy atom. The number of aryl methyl sites for hydroxylation is 2. The molecule has 160 valence electrons. The summed E-state index contributed by atoms with van der Waals surface area (Å²) in [5, 5.41) is 9.43. The molecule has 6 nitrogen and oxygen atoms in total. The number of hydrogen-bond acceptors (Lipinski definition) is 5. The molecule has 1 aliphatic carbocycles. The predicted octanol–water partition coefficient (Wildman–Crippen LogP) is 4.05. The van der Waals surface area contributed by atoms with Gasteiger partial charge in [0.25, 0.3) is 5.91 Å². The van der Waals surface area contributed by atoms with Gasteiger partial charge in [-0.3, -0.25) is 14.4 Å². The highest BCUT2D eigenvalue weighted by molar-refractivity contribution is 6.30. The summed E-state index contributed by atoms with van der Waals surface area (Å²) in [5.41, 5.74) is 2.11.